The molecule has 8 heteroatoms. The van der Waals surface area contributed by atoms with Crippen LogP contribution in [0.5, 0.6) is 0 Å². The average Bonchev–Trinajstić information content (AvgIpc) is 2.71. The maximum absolute atomic E-state index is 13.1. The number of rotatable bonds is 19. The van der Waals surface area contributed by atoms with E-state index in [1.54, 1.807) is 9.80 Å². The summed E-state index contributed by atoms with van der Waals surface area (Å²) in [5.74, 6) is 0.526. The molecule has 0 aromatic carbocycles. The zero-order valence-corrected chi connectivity index (χ0v) is 24.3. The third kappa shape index (κ3) is 16.7. The van der Waals surface area contributed by atoms with Gasteiger partial charge in [-0.3, -0.25) is 19.2 Å². The zero-order valence-electron chi connectivity index (χ0n) is 24.3. The molecule has 0 saturated heterocycles. The fourth-order valence-electron chi connectivity index (χ4n) is 4.30. The van der Waals surface area contributed by atoms with Crippen LogP contribution >= 0.6 is 0 Å². The number of hydrogen-bond donors (Lipinski definition) is 2. The molecule has 0 unspecified atom stereocenters. The van der Waals surface area contributed by atoms with Crippen molar-refractivity contribution in [1.82, 2.24) is 15.1 Å². The van der Waals surface area contributed by atoms with Gasteiger partial charge in [-0.15, -0.1) is 0 Å². The minimum absolute atomic E-state index is 0.00593. The third-order valence-corrected chi connectivity index (χ3v) is 5.86. The Labute approximate surface area is 220 Å². The number of ketones is 1. The molecule has 0 rings (SSSR count). The molecule has 0 aliphatic heterocycles. The van der Waals surface area contributed by atoms with E-state index in [1.165, 1.54) is 6.92 Å². The van der Waals surface area contributed by atoms with E-state index in [0.717, 1.165) is 19.3 Å². The number of nitrogens with one attached hydrogen (secondary N) is 1. The van der Waals surface area contributed by atoms with Crippen LogP contribution in [0, 0.1) is 23.7 Å². The molecule has 8 nitrogen and oxygen atoms in total. The predicted octanol–water partition coefficient (Wildman–Crippen LogP) is 3.62. The van der Waals surface area contributed by atoms with Gasteiger partial charge in [-0.2, -0.15) is 0 Å². The molecule has 0 aromatic rings. The van der Waals surface area contributed by atoms with Crippen LogP contribution in [0.25, 0.3) is 0 Å². The second kappa shape index (κ2) is 18.3. The van der Waals surface area contributed by atoms with Crippen LogP contribution in [0.15, 0.2) is 0 Å². The highest BCUT2D eigenvalue weighted by Gasteiger charge is 2.25. The van der Waals surface area contributed by atoms with Crippen molar-refractivity contribution in [2.75, 3.05) is 32.7 Å². The third-order valence-electron chi connectivity index (χ3n) is 5.86. The lowest BCUT2D eigenvalue weighted by molar-refractivity contribution is -0.138. The summed E-state index contributed by atoms with van der Waals surface area (Å²) in [5, 5.41) is 3.07. The highest BCUT2D eigenvalue weighted by atomic mass is 16.2. The van der Waals surface area contributed by atoms with Gasteiger partial charge in [0, 0.05) is 32.0 Å². The molecule has 0 heterocycles. The quantitative estimate of drug-likeness (QED) is 0.258. The first-order valence-electron chi connectivity index (χ1n) is 13.8. The van der Waals surface area contributed by atoms with Gasteiger partial charge in [-0.1, -0.05) is 54.9 Å². The zero-order chi connectivity index (χ0) is 27.8. The molecule has 0 fully saturated rings. The van der Waals surface area contributed by atoms with Gasteiger partial charge in [0.2, 0.25) is 17.7 Å². The Hall–Kier alpha value is -1.96. The van der Waals surface area contributed by atoms with Crippen molar-refractivity contribution in [3.8, 4) is 0 Å². The smallest absolute Gasteiger partial charge is 0.239 e. The van der Waals surface area contributed by atoms with Crippen LogP contribution in [-0.4, -0.2) is 72.1 Å². The molecule has 0 saturated carbocycles. The van der Waals surface area contributed by atoms with Gasteiger partial charge in [0.15, 0.2) is 0 Å². The Morgan fingerprint density at radius 1 is 0.750 bits per heavy atom. The molecule has 0 aromatic heterocycles. The Morgan fingerprint density at radius 3 is 1.72 bits per heavy atom. The second-order valence-corrected chi connectivity index (χ2v) is 11.7. The number of carbonyl (C=O) groups is 4. The second-order valence-electron chi connectivity index (χ2n) is 11.7. The van der Waals surface area contributed by atoms with E-state index in [1.807, 2.05) is 27.7 Å². The lowest BCUT2D eigenvalue weighted by Gasteiger charge is -2.31. The van der Waals surface area contributed by atoms with Crippen LogP contribution in [0.2, 0.25) is 0 Å². The number of Topliss-reactive ketones (excluding diaryl/α,β-unsaturated/α-hetero) is 1. The summed E-state index contributed by atoms with van der Waals surface area (Å²) in [6.07, 6.45) is 4.34. The van der Waals surface area contributed by atoms with E-state index >= 15 is 0 Å². The first-order valence-corrected chi connectivity index (χ1v) is 13.8. The maximum atomic E-state index is 13.1. The predicted molar refractivity (Wildman–Crippen MR) is 146 cm³/mol. The van der Waals surface area contributed by atoms with Crippen molar-refractivity contribution in [2.24, 2.45) is 29.4 Å². The van der Waals surface area contributed by atoms with Gasteiger partial charge in [-0.25, -0.2) is 0 Å². The van der Waals surface area contributed by atoms with Crippen molar-refractivity contribution in [3.05, 3.63) is 0 Å². The largest absolute Gasteiger partial charge is 0.350 e. The molecule has 0 bridgehead atoms. The van der Waals surface area contributed by atoms with Crippen LogP contribution < -0.4 is 11.1 Å². The molecular weight excluding hydrogens is 456 g/mol. The van der Waals surface area contributed by atoms with Gasteiger partial charge < -0.3 is 20.9 Å². The fourth-order valence-corrected chi connectivity index (χ4v) is 4.30. The molecule has 3 amide bonds. The Balaban J connectivity index is 5.47. The lowest BCUT2D eigenvalue weighted by Crippen LogP contribution is -2.51. The summed E-state index contributed by atoms with van der Waals surface area (Å²) < 4.78 is 0. The highest BCUT2D eigenvalue weighted by molar-refractivity contribution is 5.86. The molecule has 210 valence electrons. The van der Waals surface area contributed by atoms with E-state index in [9.17, 15) is 19.2 Å². The van der Waals surface area contributed by atoms with Crippen molar-refractivity contribution < 1.29 is 19.2 Å². The number of unbranched alkanes of at least 4 members (excludes halogenated alkanes) is 1. The summed E-state index contributed by atoms with van der Waals surface area (Å²) >= 11 is 0. The van der Waals surface area contributed by atoms with Gasteiger partial charge in [0.05, 0.1) is 13.1 Å². The van der Waals surface area contributed by atoms with Crippen molar-refractivity contribution in [3.63, 3.8) is 0 Å². The highest BCUT2D eigenvalue weighted by Crippen LogP contribution is 2.14. The van der Waals surface area contributed by atoms with Crippen molar-refractivity contribution in [1.29, 1.82) is 0 Å². The Kier molecular flexibility index (Phi) is 17.3. The van der Waals surface area contributed by atoms with E-state index in [2.05, 4.69) is 26.1 Å². The molecular formula is C28H54N4O4. The van der Waals surface area contributed by atoms with Gasteiger partial charge in [0.1, 0.15) is 5.78 Å². The van der Waals surface area contributed by atoms with Gasteiger partial charge in [0.25, 0.3) is 0 Å². The molecule has 2 atom stereocenters. The van der Waals surface area contributed by atoms with Crippen molar-refractivity contribution in [2.45, 2.75) is 100.0 Å². The minimum Gasteiger partial charge on any atom is -0.350 e. The van der Waals surface area contributed by atoms with E-state index in [4.69, 9.17) is 5.73 Å². The summed E-state index contributed by atoms with van der Waals surface area (Å²) in [7, 11) is 0. The Morgan fingerprint density at radius 2 is 1.28 bits per heavy atom. The van der Waals surface area contributed by atoms with E-state index < -0.39 is 0 Å². The van der Waals surface area contributed by atoms with E-state index in [0.29, 0.717) is 32.4 Å². The van der Waals surface area contributed by atoms with Gasteiger partial charge >= 0.3 is 0 Å². The summed E-state index contributed by atoms with van der Waals surface area (Å²) in [6.45, 7) is 17.1. The monoisotopic (exact) mass is 510 g/mol. The normalized spacial score (nSPS) is 13.1. The molecule has 3 N–H and O–H groups in total. The molecule has 36 heavy (non-hydrogen) atoms. The average molecular weight is 511 g/mol. The molecule has 0 radical (unpaired) electrons. The van der Waals surface area contributed by atoms with E-state index in [-0.39, 0.29) is 72.9 Å². The standard InChI is InChI=1S/C28H54N4O4/c1-20(2)13-25(18-32(17-24(8)33)28(36)15-22(5)6)30-26(34)19-31(27(35)14-21(3)4)16-23(7)11-9-10-12-29/h20-23,25H,9-19,29H2,1-8H3,(H,30,34)/t23-,25-/m0/s1. The number of nitrogens with zero attached hydrogens (tertiary/aromatic N) is 2. The first kappa shape index (κ1) is 34.0. The SMILES string of the molecule is CC(=O)CN(C[C@H](CC(C)C)NC(=O)CN(C[C@@H](C)CCCCN)C(=O)CC(C)C)C(=O)CC(C)C. The molecule has 0 spiro atoms. The minimum atomic E-state index is -0.294. The number of nitrogens with two attached hydrogens (primary N) is 1. The maximum Gasteiger partial charge on any atom is 0.239 e. The first-order chi connectivity index (χ1) is 16.7. The molecule has 0 aliphatic carbocycles. The fraction of sp³-hybridized carbons (Fsp3) is 0.857. The number of amides is 3. The summed E-state index contributed by atoms with van der Waals surface area (Å²) in [6, 6.07) is -0.294. The van der Waals surface area contributed by atoms with Crippen molar-refractivity contribution >= 4 is 23.5 Å². The number of hydrogen-bond acceptors (Lipinski definition) is 5. The Bertz CT molecular complexity index is 678. The number of carbonyl (C=O) groups excluding carboxylic acids is 4. The lowest BCUT2D eigenvalue weighted by atomic mass is 10.0. The van der Waals surface area contributed by atoms with Crippen LogP contribution in [0.3, 0.4) is 0 Å². The van der Waals surface area contributed by atoms with Crippen LogP contribution in [0.4, 0.5) is 0 Å². The van der Waals surface area contributed by atoms with Crippen LogP contribution in [0.1, 0.15) is 93.9 Å². The van der Waals surface area contributed by atoms with Crippen LogP contribution in [-0.2, 0) is 19.2 Å². The summed E-state index contributed by atoms with van der Waals surface area (Å²) in [5.41, 5.74) is 5.61. The summed E-state index contributed by atoms with van der Waals surface area (Å²) in [4.78, 5) is 54.0. The topological polar surface area (TPSA) is 113 Å². The molecule has 0 aliphatic rings. The van der Waals surface area contributed by atoms with Gasteiger partial charge in [-0.05, 0) is 56.4 Å².